The maximum absolute atomic E-state index is 11.9. The largest absolute Gasteiger partial charge is 0.401 e. The summed E-state index contributed by atoms with van der Waals surface area (Å²) in [6.45, 7) is 1.88. The van der Waals surface area contributed by atoms with E-state index < -0.39 is 0 Å². The van der Waals surface area contributed by atoms with Gasteiger partial charge in [-0.1, -0.05) is 35.4 Å². The van der Waals surface area contributed by atoms with Gasteiger partial charge < -0.3 is 4.42 Å². The number of carbonyl (C=O) groups excluding carboxylic acids is 1. The molecule has 0 atom stereocenters. The Hall–Kier alpha value is -2.96. The predicted octanol–water partition coefficient (Wildman–Crippen LogP) is 2.35. The fraction of sp³-hybridized carbons (Fsp3) is 0.250. The molecule has 0 aliphatic heterocycles. The van der Waals surface area contributed by atoms with Crippen molar-refractivity contribution in [3.05, 3.63) is 47.7 Å². The number of anilines is 1. The third-order valence-corrected chi connectivity index (χ3v) is 3.38. The molecule has 0 radical (unpaired) electrons. The van der Waals surface area contributed by atoms with E-state index >= 15 is 0 Å². The summed E-state index contributed by atoms with van der Waals surface area (Å²) in [7, 11) is 1.80. The Kier molecular flexibility index (Phi) is 4.18. The van der Waals surface area contributed by atoms with E-state index in [2.05, 4.69) is 20.6 Å². The monoisotopic (exact) mass is 311 g/mol. The van der Waals surface area contributed by atoms with Gasteiger partial charge in [-0.25, -0.2) is 0 Å². The summed E-state index contributed by atoms with van der Waals surface area (Å²) >= 11 is 0. The standard InChI is InChI=1S/C16H17N5O2/c1-11-10-13(21(2)20-11)15-18-19-16(23-15)17-14(22)9-8-12-6-4-3-5-7-12/h3-7,10H,8-9H2,1-2H3,(H,17,19,22). The highest BCUT2D eigenvalue weighted by atomic mass is 16.4. The lowest BCUT2D eigenvalue weighted by Crippen LogP contribution is -2.12. The van der Waals surface area contributed by atoms with Crippen LogP contribution in [0.25, 0.3) is 11.6 Å². The van der Waals surface area contributed by atoms with Crippen molar-refractivity contribution in [3.8, 4) is 11.6 Å². The third-order valence-electron chi connectivity index (χ3n) is 3.38. The van der Waals surface area contributed by atoms with Gasteiger partial charge in [0, 0.05) is 13.5 Å². The van der Waals surface area contributed by atoms with Gasteiger partial charge in [0.15, 0.2) is 0 Å². The van der Waals surface area contributed by atoms with Crippen LogP contribution in [0.1, 0.15) is 17.7 Å². The molecule has 23 heavy (non-hydrogen) atoms. The SMILES string of the molecule is Cc1cc(-c2nnc(NC(=O)CCc3ccccc3)o2)n(C)n1. The Balaban J connectivity index is 1.60. The quantitative estimate of drug-likeness (QED) is 0.781. The number of hydrogen-bond donors (Lipinski definition) is 1. The molecule has 0 unspecified atom stereocenters. The molecule has 0 saturated carbocycles. The highest BCUT2D eigenvalue weighted by molar-refractivity contribution is 5.88. The van der Waals surface area contributed by atoms with Crippen LogP contribution in [-0.4, -0.2) is 25.9 Å². The lowest BCUT2D eigenvalue weighted by Gasteiger charge is -2.01. The molecule has 7 heteroatoms. The molecule has 7 nitrogen and oxygen atoms in total. The fourth-order valence-corrected chi connectivity index (χ4v) is 2.27. The number of aromatic nitrogens is 4. The van der Waals surface area contributed by atoms with E-state index in [1.54, 1.807) is 11.7 Å². The molecule has 0 saturated heterocycles. The number of hydrogen-bond acceptors (Lipinski definition) is 5. The van der Waals surface area contributed by atoms with Crippen molar-refractivity contribution in [2.24, 2.45) is 7.05 Å². The summed E-state index contributed by atoms with van der Waals surface area (Å²) in [5.74, 6) is 0.164. The summed E-state index contributed by atoms with van der Waals surface area (Å²) in [6.07, 6.45) is 1.02. The maximum Gasteiger partial charge on any atom is 0.322 e. The molecular formula is C16H17N5O2. The van der Waals surface area contributed by atoms with Crippen LogP contribution in [-0.2, 0) is 18.3 Å². The van der Waals surface area contributed by atoms with E-state index in [1.165, 1.54) is 0 Å². The minimum atomic E-state index is -0.162. The van der Waals surface area contributed by atoms with E-state index in [0.29, 0.717) is 24.4 Å². The van der Waals surface area contributed by atoms with Crippen molar-refractivity contribution < 1.29 is 9.21 Å². The number of amides is 1. The lowest BCUT2D eigenvalue weighted by atomic mass is 10.1. The van der Waals surface area contributed by atoms with Crippen LogP contribution in [0.5, 0.6) is 0 Å². The molecule has 3 rings (SSSR count). The van der Waals surface area contributed by atoms with Crippen LogP contribution in [0.2, 0.25) is 0 Å². The van der Waals surface area contributed by atoms with Crippen molar-refractivity contribution >= 4 is 11.9 Å². The first-order valence-electron chi connectivity index (χ1n) is 7.30. The first-order valence-corrected chi connectivity index (χ1v) is 7.30. The molecule has 0 aliphatic carbocycles. The van der Waals surface area contributed by atoms with Crippen molar-refractivity contribution in [2.45, 2.75) is 19.8 Å². The Morgan fingerprint density at radius 3 is 2.74 bits per heavy atom. The first kappa shape index (κ1) is 15.0. The summed E-state index contributed by atoms with van der Waals surface area (Å²) in [4.78, 5) is 11.9. The molecule has 1 N–H and O–H groups in total. The Morgan fingerprint density at radius 2 is 2.04 bits per heavy atom. The summed E-state index contributed by atoms with van der Waals surface area (Å²) in [6, 6.07) is 11.8. The molecule has 3 aromatic rings. The van der Waals surface area contributed by atoms with Crippen molar-refractivity contribution in [1.82, 2.24) is 20.0 Å². The van der Waals surface area contributed by atoms with Crippen molar-refractivity contribution in [3.63, 3.8) is 0 Å². The average Bonchev–Trinajstić information content (AvgIpc) is 3.12. The van der Waals surface area contributed by atoms with Gasteiger partial charge in [-0.05, 0) is 25.0 Å². The second-order valence-corrected chi connectivity index (χ2v) is 5.24. The van der Waals surface area contributed by atoms with Crippen LogP contribution in [0.15, 0.2) is 40.8 Å². The molecular weight excluding hydrogens is 294 g/mol. The highest BCUT2D eigenvalue weighted by Gasteiger charge is 2.14. The Morgan fingerprint density at radius 1 is 1.26 bits per heavy atom. The molecule has 0 aliphatic rings. The predicted molar refractivity (Wildman–Crippen MR) is 84.6 cm³/mol. The molecule has 1 aromatic carbocycles. The Bertz CT molecular complexity index is 807. The van der Waals surface area contributed by atoms with Gasteiger partial charge in [0.2, 0.25) is 5.91 Å². The second kappa shape index (κ2) is 6.43. The van der Waals surface area contributed by atoms with Crippen LogP contribution in [0, 0.1) is 6.92 Å². The Labute approximate surface area is 133 Å². The minimum absolute atomic E-state index is 0.0944. The van der Waals surface area contributed by atoms with Gasteiger partial charge >= 0.3 is 6.01 Å². The molecule has 0 fully saturated rings. The molecule has 0 spiro atoms. The van der Waals surface area contributed by atoms with Gasteiger partial charge in [-0.15, -0.1) is 5.10 Å². The number of aryl methyl sites for hydroxylation is 3. The van der Waals surface area contributed by atoms with Crippen LogP contribution in [0.4, 0.5) is 6.01 Å². The van der Waals surface area contributed by atoms with Gasteiger partial charge in [-0.3, -0.25) is 14.8 Å². The number of benzene rings is 1. The zero-order chi connectivity index (χ0) is 16.2. The van der Waals surface area contributed by atoms with E-state index in [0.717, 1.165) is 11.3 Å². The molecule has 0 bridgehead atoms. The van der Waals surface area contributed by atoms with Gasteiger partial charge in [0.1, 0.15) is 5.69 Å². The molecule has 1 amide bonds. The van der Waals surface area contributed by atoms with Crippen LogP contribution < -0.4 is 5.32 Å². The fourth-order valence-electron chi connectivity index (χ4n) is 2.27. The van der Waals surface area contributed by atoms with E-state index in [4.69, 9.17) is 4.42 Å². The maximum atomic E-state index is 11.9. The topological polar surface area (TPSA) is 85.8 Å². The lowest BCUT2D eigenvalue weighted by molar-refractivity contribution is -0.116. The highest BCUT2D eigenvalue weighted by Crippen LogP contribution is 2.20. The number of nitrogens with zero attached hydrogens (tertiary/aromatic N) is 4. The first-order chi connectivity index (χ1) is 11.1. The second-order valence-electron chi connectivity index (χ2n) is 5.24. The van der Waals surface area contributed by atoms with Gasteiger partial charge in [0.25, 0.3) is 5.89 Å². The van der Waals surface area contributed by atoms with E-state index in [1.807, 2.05) is 43.3 Å². The number of rotatable bonds is 5. The van der Waals surface area contributed by atoms with E-state index in [-0.39, 0.29) is 11.9 Å². The zero-order valence-electron chi connectivity index (χ0n) is 13.0. The smallest absolute Gasteiger partial charge is 0.322 e. The minimum Gasteiger partial charge on any atom is -0.401 e. The molecule has 2 heterocycles. The summed E-state index contributed by atoms with van der Waals surface area (Å²) in [5, 5.41) is 14.6. The molecule has 2 aromatic heterocycles. The molecule has 118 valence electrons. The van der Waals surface area contributed by atoms with E-state index in [9.17, 15) is 4.79 Å². The van der Waals surface area contributed by atoms with Gasteiger partial charge in [0.05, 0.1) is 5.69 Å². The number of carbonyl (C=O) groups is 1. The summed E-state index contributed by atoms with van der Waals surface area (Å²) in [5.41, 5.74) is 2.67. The third kappa shape index (κ3) is 3.63. The van der Waals surface area contributed by atoms with Gasteiger partial charge in [-0.2, -0.15) is 5.10 Å². The average molecular weight is 311 g/mol. The van der Waals surface area contributed by atoms with Crippen molar-refractivity contribution in [2.75, 3.05) is 5.32 Å². The number of nitrogens with one attached hydrogen (secondary N) is 1. The van der Waals surface area contributed by atoms with Crippen LogP contribution in [0.3, 0.4) is 0 Å². The normalized spacial score (nSPS) is 10.7. The van der Waals surface area contributed by atoms with Crippen molar-refractivity contribution in [1.29, 1.82) is 0 Å². The zero-order valence-corrected chi connectivity index (χ0v) is 13.0. The summed E-state index contributed by atoms with van der Waals surface area (Å²) < 4.78 is 7.13. The van der Waals surface area contributed by atoms with Crippen LogP contribution >= 0.6 is 0 Å².